The van der Waals surface area contributed by atoms with Gasteiger partial charge in [0.1, 0.15) is 5.69 Å². The summed E-state index contributed by atoms with van der Waals surface area (Å²) in [6.07, 6.45) is 3.14. The molecule has 0 atom stereocenters. The largest absolute Gasteiger partial charge is 0.504 e. The lowest BCUT2D eigenvalue weighted by Gasteiger charge is -2.05. The van der Waals surface area contributed by atoms with Crippen LogP contribution in [0.2, 0.25) is 0 Å². The average Bonchev–Trinajstić information content (AvgIpc) is 2.95. The van der Waals surface area contributed by atoms with Crippen molar-refractivity contribution in [3.8, 4) is 23.0 Å². The first kappa shape index (κ1) is 14.9. The summed E-state index contributed by atoms with van der Waals surface area (Å²) >= 11 is 5.19. The van der Waals surface area contributed by atoms with E-state index in [-0.39, 0.29) is 5.75 Å². The molecule has 0 spiro atoms. The quantitative estimate of drug-likeness (QED) is 0.568. The molecule has 7 nitrogen and oxygen atoms in total. The van der Waals surface area contributed by atoms with Gasteiger partial charge >= 0.3 is 0 Å². The van der Waals surface area contributed by atoms with Crippen LogP contribution in [0.5, 0.6) is 11.5 Å². The third kappa shape index (κ3) is 2.97. The van der Waals surface area contributed by atoms with Gasteiger partial charge in [0.2, 0.25) is 10.6 Å². The van der Waals surface area contributed by atoms with Gasteiger partial charge in [0.25, 0.3) is 0 Å². The van der Waals surface area contributed by atoms with Crippen LogP contribution in [-0.2, 0) is 0 Å². The molecule has 8 heteroatoms. The van der Waals surface area contributed by atoms with Gasteiger partial charge in [0.15, 0.2) is 11.5 Å². The molecule has 0 amide bonds. The number of aromatic hydroxyl groups is 1. The van der Waals surface area contributed by atoms with E-state index in [0.29, 0.717) is 27.6 Å². The van der Waals surface area contributed by atoms with E-state index >= 15 is 0 Å². The molecule has 0 aliphatic rings. The third-order valence-electron chi connectivity index (χ3n) is 3.11. The number of rotatable bonds is 4. The van der Waals surface area contributed by atoms with Gasteiger partial charge < -0.3 is 9.84 Å². The number of nitrogens with one attached hydrogen (secondary N) is 1. The lowest BCUT2D eigenvalue weighted by Crippen LogP contribution is -1.97. The molecule has 0 bridgehead atoms. The molecule has 116 valence electrons. The number of phenolic OH excluding ortho intramolecular Hbond substituents is 1. The van der Waals surface area contributed by atoms with E-state index in [0.717, 1.165) is 0 Å². The molecule has 0 unspecified atom stereocenters. The number of aromatic amines is 1. The van der Waals surface area contributed by atoms with Crippen LogP contribution in [0, 0.1) is 4.77 Å². The molecule has 2 heterocycles. The summed E-state index contributed by atoms with van der Waals surface area (Å²) in [6, 6.07) is 10.6. The predicted molar refractivity (Wildman–Crippen MR) is 88.3 cm³/mol. The second-order valence-corrected chi connectivity index (χ2v) is 4.91. The summed E-state index contributed by atoms with van der Waals surface area (Å²) in [5.74, 6) is 0.858. The average molecular weight is 327 g/mol. The van der Waals surface area contributed by atoms with Gasteiger partial charge in [0, 0.05) is 11.8 Å². The summed E-state index contributed by atoms with van der Waals surface area (Å²) in [6.45, 7) is 0. The second-order valence-electron chi connectivity index (χ2n) is 4.52. The number of hydrogen-bond acceptors (Lipinski definition) is 6. The van der Waals surface area contributed by atoms with Crippen LogP contribution < -0.4 is 4.74 Å². The SMILES string of the molecule is COc1cccc(C=Nn2c(-c3ccccn3)n[nH]c2=S)c1O. The van der Waals surface area contributed by atoms with Crippen LogP contribution in [0.15, 0.2) is 47.7 Å². The van der Waals surface area contributed by atoms with Gasteiger partial charge in [-0.3, -0.25) is 4.98 Å². The fourth-order valence-corrected chi connectivity index (χ4v) is 2.17. The summed E-state index contributed by atoms with van der Waals surface area (Å²) < 4.78 is 6.84. The molecule has 0 aliphatic heterocycles. The van der Waals surface area contributed by atoms with Crippen LogP contribution in [0.25, 0.3) is 11.5 Å². The lowest BCUT2D eigenvalue weighted by atomic mass is 10.2. The van der Waals surface area contributed by atoms with Crippen molar-refractivity contribution in [1.82, 2.24) is 19.9 Å². The minimum Gasteiger partial charge on any atom is -0.504 e. The molecule has 3 rings (SSSR count). The summed E-state index contributed by atoms with van der Waals surface area (Å²) in [7, 11) is 1.49. The molecule has 0 saturated carbocycles. The minimum absolute atomic E-state index is 0.00755. The smallest absolute Gasteiger partial charge is 0.216 e. The van der Waals surface area contributed by atoms with E-state index < -0.39 is 0 Å². The van der Waals surface area contributed by atoms with Gasteiger partial charge in [-0.2, -0.15) is 14.9 Å². The van der Waals surface area contributed by atoms with Crippen LogP contribution >= 0.6 is 12.2 Å². The molecule has 0 saturated heterocycles. The number of pyridine rings is 1. The standard InChI is InChI=1S/C15H13N5O2S/c1-22-12-7-4-5-10(13(12)21)9-17-20-14(18-19-15(20)23)11-6-2-3-8-16-11/h2-9,21H,1H3,(H,19,23). The normalized spacial score (nSPS) is 11.0. The van der Waals surface area contributed by atoms with Crippen LogP contribution in [0.3, 0.4) is 0 Å². The molecule has 0 aliphatic carbocycles. The van der Waals surface area contributed by atoms with E-state index in [1.807, 2.05) is 12.1 Å². The monoisotopic (exact) mass is 327 g/mol. The number of hydrogen-bond donors (Lipinski definition) is 2. The van der Waals surface area contributed by atoms with Crippen molar-refractivity contribution in [2.45, 2.75) is 0 Å². The fraction of sp³-hybridized carbons (Fsp3) is 0.0667. The number of H-pyrrole nitrogens is 1. The summed E-state index contributed by atoms with van der Waals surface area (Å²) in [5.41, 5.74) is 1.13. The van der Waals surface area contributed by atoms with Crippen molar-refractivity contribution in [2.24, 2.45) is 5.10 Å². The first-order valence-corrected chi connectivity index (χ1v) is 7.10. The maximum Gasteiger partial charge on any atom is 0.216 e. The zero-order valence-electron chi connectivity index (χ0n) is 12.2. The van der Waals surface area contributed by atoms with Gasteiger partial charge in [-0.1, -0.05) is 12.1 Å². The Morgan fingerprint density at radius 3 is 2.91 bits per heavy atom. The highest BCUT2D eigenvalue weighted by Gasteiger charge is 2.09. The number of aromatic nitrogens is 4. The van der Waals surface area contributed by atoms with Crippen LogP contribution in [-0.4, -0.2) is 38.3 Å². The molecular formula is C15H13N5O2S. The highest BCUT2D eigenvalue weighted by molar-refractivity contribution is 7.71. The highest BCUT2D eigenvalue weighted by atomic mass is 32.1. The van der Waals surface area contributed by atoms with E-state index in [1.54, 1.807) is 30.5 Å². The second kappa shape index (κ2) is 6.41. The number of ether oxygens (including phenoxy) is 1. The van der Waals surface area contributed by atoms with Crippen molar-refractivity contribution in [2.75, 3.05) is 7.11 Å². The van der Waals surface area contributed by atoms with Crippen LogP contribution in [0.4, 0.5) is 0 Å². The van der Waals surface area contributed by atoms with Crippen molar-refractivity contribution < 1.29 is 9.84 Å². The third-order valence-corrected chi connectivity index (χ3v) is 3.37. The zero-order valence-corrected chi connectivity index (χ0v) is 13.0. The van der Waals surface area contributed by atoms with Crippen molar-refractivity contribution in [3.05, 3.63) is 52.9 Å². The molecule has 3 aromatic rings. The van der Waals surface area contributed by atoms with E-state index in [2.05, 4.69) is 20.3 Å². The number of benzene rings is 1. The van der Waals surface area contributed by atoms with Crippen molar-refractivity contribution >= 4 is 18.4 Å². The topological polar surface area (TPSA) is 88.3 Å². The molecule has 0 fully saturated rings. The Morgan fingerprint density at radius 1 is 1.30 bits per heavy atom. The molecule has 1 aromatic carbocycles. The fourth-order valence-electron chi connectivity index (χ4n) is 1.99. The molecule has 23 heavy (non-hydrogen) atoms. The predicted octanol–water partition coefficient (Wildman–Crippen LogP) is 2.60. The lowest BCUT2D eigenvalue weighted by molar-refractivity contribution is 0.373. The van der Waals surface area contributed by atoms with E-state index in [9.17, 15) is 5.11 Å². The van der Waals surface area contributed by atoms with Gasteiger partial charge in [-0.15, -0.1) is 0 Å². The zero-order chi connectivity index (χ0) is 16.2. The maximum atomic E-state index is 10.1. The first-order valence-electron chi connectivity index (χ1n) is 6.70. The van der Waals surface area contributed by atoms with Gasteiger partial charge in [-0.25, -0.2) is 5.10 Å². The highest BCUT2D eigenvalue weighted by Crippen LogP contribution is 2.28. The number of phenols is 1. The number of para-hydroxylation sites is 1. The molecule has 2 aromatic heterocycles. The summed E-state index contributed by atoms with van der Waals surface area (Å²) in [5, 5.41) is 21.2. The van der Waals surface area contributed by atoms with Crippen LogP contribution in [0.1, 0.15) is 5.56 Å². The van der Waals surface area contributed by atoms with Gasteiger partial charge in [0.05, 0.1) is 13.3 Å². The molecule has 0 radical (unpaired) electrons. The maximum absolute atomic E-state index is 10.1. The number of nitrogens with zero attached hydrogens (tertiary/aromatic N) is 4. The Morgan fingerprint density at radius 2 is 2.17 bits per heavy atom. The Kier molecular flexibility index (Phi) is 4.15. The van der Waals surface area contributed by atoms with E-state index in [4.69, 9.17) is 17.0 Å². The summed E-state index contributed by atoms with van der Waals surface area (Å²) in [4.78, 5) is 4.23. The van der Waals surface area contributed by atoms with Gasteiger partial charge in [-0.05, 0) is 36.5 Å². The molecular weight excluding hydrogens is 314 g/mol. The minimum atomic E-state index is 0.00755. The van der Waals surface area contributed by atoms with E-state index in [1.165, 1.54) is 18.0 Å². The Bertz CT molecular complexity index is 902. The first-order chi connectivity index (χ1) is 11.2. The van der Waals surface area contributed by atoms with Crippen molar-refractivity contribution in [1.29, 1.82) is 0 Å². The Balaban J connectivity index is 2.01. The van der Waals surface area contributed by atoms with Crippen molar-refractivity contribution in [3.63, 3.8) is 0 Å². The Labute approximate surface area is 136 Å². The number of methoxy groups -OCH3 is 1. The Hall–Kier alpha value is -3.00. The molecule has 2 N–H and O–H groups in total.